The zero-order chi connectivity index (χ0) is 11.3. The maximum absolute atomic E-state index is 12.8. The van der Waals surface area contributed by atoms with Crippen LogP contribution < -0.4 is 4.74 Å². The number of rotatable bonds is 4. The predicted octanol–water partition coefficient (Wildman–Crippen LogP) is 1.93. The minimum atomic E-state index is -0.488. The fourth-order valence-electron chi connectivity index (χ4n) is 0.817. The van der Waals surface area contributed by atoms with Crippen LogP contribution in [0.5, 0.6) is 5.88 Å². The van der Waals surface area contributed by atoms with E-state index in [0.717, 1.165) is 0 Å². The van der Waals surface area contributed by atoms with Crippen LogP contribution in [0, 0.1) is 5.82 Å². The molecule has 0 unspecified atom stereocenters. The third-order valence-electron chi connectivity index (χ3n) is 1.42. The molecule has 0 bridgehead atoms. The summed E-state index contributed by atoms with van der Waals surface area (Å²) in [5, 5.41) is 0. The molecule has 6 heteroatoms. The average molecular weight is 278 g/mol. The van der Waals surface area contributed by atoms with E-state index in [9.17, 15) is 9.18 Å². The topological polar surface area (TPSA) is 48.4 Å². The van der Waals surface area contributed by atoms with Crippen LogP contribution in [0.4, 0.5) is 4.39 Å². The van der Waals surface area contributed by atoms with Gasteiger partial charge in [0.15, 0.2) is 12.4 Å². The first-order valence-corrected chi connectivity index (χ1v) is 5.03. The second-order valence-electron chi connectivity index (χ2n) is 2.52. The number of halogens is 2. The second-order valence-corrected chi connectivity index (χ2v) is 3.27. The van der Waals surface area contributed by atoms with E-state index >= 15 is 0 Å². The van der Waals surface area contributed by atoms with Gasteiger partial charge in [-0.25, -0.2) is 14.2 Å². The van der Waals surface area contributed by atoms with E-state index in [4.69, 9.17) is 4.74 Å². The van der Waals surface area contributed by atoms with Gasteiger partial charge < -0.3 is 9.47 Å². The largest absolute Gasteiger partial charge is 0.466 e. The number of aromatic nitrogens is 1. The van der Waals surface area contributed by atoms with Gasteiger partial charge in [0.05, 0.1) is 6.61 Å². The Morgan fingerprint density at radius 1 is 1.60 bits per heavy atom. The van der Waals surface area contributed by atoms with E-state index in [0.29, 0.717) is 6.61 Å². The zero-order valence-electron chi connectivity index (χ0n) is 8.00. The quantitative estimate of drug-likeness (QED) is 0.623. The monoisotopic (exact) mass is 277 g/mol. The highest BCUT2D eigenvalue weighted by Crippen LogP contribution is 2.16. The van der Waals surface area contributed by atoms with Crippen LogP contribution in [-0.2, 0) is 9.53 Å². The van der Waals surface area contributed by atoms with E-state index in [-0.39, 0.29) is 17.1 Å². The van der Waals surface area contributed by atoms with E-state index < -0.39 is 11.8 Å². The van der Waals surface area contributed by atoms with Gasteiger partial charge in [0.1, 0.15) is 4.60 Å². The first-order chi connectivity index (χ1) is 7.13. The van der Waals surface area contributed by atoms with E-state index in [2.05, 4.69) is 25.7 Å². The lowest BCUT2D eigenvalue weighted by molar-refractivity contribution is -0.145. The molecule has 0 aromatic carbocycles. The molecule has 4 nitrogen and oxygen atoms in total. The van der Waals surface area contributed by atoms with Crippen molar-refractivity contribution in [2.75, 3.05) is 13.2 Å². The van der Waals surface area contributed by atoms with Gasteiger partial charge in [0.2, 0.25) is 5.88 Å². The molecule has 1 rings (SSSR count). The Morgan fingerprint density at radius 2 is 2.33 bits per heavy atom. The minimum absolute atomic E-state index is 0.0452. The average Bonchev–Trinajstić information content (AvgIpc) is 2.20. The number of hydrogen-bond donors (Lipinski definition) is 0. The third-order valence-corrected chi connectivity index (χ3v) is 1.98. The number of esters is 1. The van der Waals surface area contributed by atoms with Gasteiger partial charge in [-0.15, -0.1) is 0 Å². The van der Waals surface area contributed by atoms with Gasteiger partial charge in [-0.2, -0.15) is 0 Å². The molecule has 0 saturated heterocycles. The van der Waals surface area contributed by atoms with Crippen LogP contribution in [0.15, 0.2) is 16.7 Å². The number of nitrogens with zero attached hydrogens (tertiary/aromatic N) is 1. The summed E-state index contributed by atoms with van der Waals surface area (Å²) in [6, 6.07) is 2.52. The molecular formula is C9H9BrFNO3. The number of ether oxygens (including phenoxy) is 2. The van der Waals surface area contributed by atoms with Crippen LogP contribution in [0.1, 0.15) is 6.92 Å². The summed E-state index contributed by atoms with van der Waals surface area (Å²) in [7, 11) is 0. The van der Waals surface area contributed by atoms with Crippen molar-refractivity contribution in [3.8, 4) is 5.88 Å². The molecule has 15 heavy (non-hydrogen) atoms. The van der Waals surface area contributed by atoms with Crippen LogP contribution in [0.25, 0.3) is 0 Å². The summed E-state index contributed by atoms with van der Waals surface area (Å²) < 4.78 is 22.4. The summed E-state index contributed by atoms with van der Waals surface area (Å²) in [6.07, 6.45) is 0. The molecule has 0 aliphatic heterocycles. The summed E-state index contributed by atoms with van der Waals surface area (Å²) in [5.41, 5.74) is 0. The maximum atomic E-state index is 12.8. The lowest BCUT2D eigenvalue weighted by atomic mass is 10.5. The maximum Gasteiger partial charge on any atom is 0.344 e. The standard InChI is InChI=1S/C9H9BrFNO3/c1-2-14-8(13)5-15-7-4-3-6(11)9(10)12-7/h3-4H,2,5H2,1H3. The van der Waals surface area contributed by atoms with E-state index in [1.54, 1.807) is 6.92 Å². The molecule has 0 saturated carbocycles. The molecule has 0 amide bonds. The smallest absolute Gasteiger partial charge is 0.344 e. The van der Waals surface area contributed by atoms with Gasteiger partial charge in [0, 0.05) is 6.07 Å². The Hall–Kier alpha value is -1.17. The first kappa shape index (κ1) is 11.9. The normalized spacial score (nSPS) is 9.80. The van der Waals surface area contributed by atoms with Crippen molar-refractivity contribution >= 4 is 21.9 Å². The molecule has 0 atom stereocenters. The van der Waals surface area contributed by atoms with Crippen molar-refractivity contribution in [1.82, 2.24) is 4.98 Å². The van der Waals surface area contributed by atoms with Crippen LogP contribution in [0.3, 0.4) is 0 Å². The number of carbonyl (C=O) groups is 1. The number of hydrogen-bond acceptors (Lipinski definition) is 4. The molecule has 82 valence electrons. The van der Waals surface area contributed by atoms with Gasteiger partial charge >= 0.3 is 5.97 Å². The second kappa shape index (κ2) is 5.65. The van der Waals surface area contributed by atoms with Crippen molar-refractivity contribution in [2.24, 2.45) is 0 Å². The van der Waals surface area contributed by atoms with Crippen LogP contribution in [-0.4, -0.2) is 24.2 Å². The van der Waals surface area contributed by atoms with Gasteiger partial charge in [-0.05, 0) is 28.9 Å². The lowest BCUT2D eigenvalue weighted by Crippen LogP contribution is -2.15. The first-order valence-electron chi connectivity index (χ1n) is 4.24. The lowest BCUT2D eigenvalue weighted by Gasteiger charge is -2.04. The van der Waals surface area contributed by atoms with Crippen molar-refractivity contribution in [2.45, 2.75) is 6.92 Å². The Balaban J connectivity index is 2.51. The highest BCUT2D eigenvalue weighted by molar-refractivity contribution is 9.10. The molecule has 0 aliphatic carbocycles. The fourth-order valence-corrected chi connectivity index (χ4v) is 1.12. The van der Waals surface area contributed by atoms with Crippen LogP contribution >= 0.6 is 15.9 Å². The Bertz CT molecular complexity index is 359. The molecule has 0 aliphatic rings. The minimum Gasteiger partial charge on any atom is -0.466 e. The van der Waals surface area contributed by atoms with E-state index in [1.165, 1.54) is 12.1 Å². The molecule has 1 heterocycles. The van der Waals surface area contributed by atoms with Gasteiger partial charge in [-0.3, -0.25) is 0 Å². The van der Waals surface area contributed by atoms with Crippen molar-refractivity contribution in [1.29, 1.82) is 0 Å². The highest BCUT2D eigenvalue weighted by Gasteiger charge is 2.06. The van der Waals surface area contributed by atoms with Crippen molar-refractivity contribution in [3.05, 3.63) is 22.6 Å². The molecule has 0 fully saturated rings. The molecule has 0 spiro atoms. The summed E-state index contributed by atoms with van der Waals surface area (Å²) in [5.74, 6) is -0.811. The molecule has 1 aromatic rings. The zero-order valence-corrected chi connectivity index (χ0v) is 9.58. The fraction of sp³-hybridized carbons (Fsp3) is 0.333. The van der Waals surface area contributed by atoms with Gasteiger partial charge in [-0.1, -0.05) is 0 Å². The molecular weight excluding hydrogens is 269 g/mol. The summed E-state index contributed by atoms with van der Waals surface area (Å²) in [6.45, 7) is 1.76. The SMILES string of the molecule is CCOC(=O)COc1ccc(F)c(Br)n1. The Morgan fingerprint density at radius 3 is 2.93 bits per heavy atom. The third kappa shape index (κ3) is 3.83. The van der Waals surface area contributed by atoms with Crippen molar-refractivity contribution < 1.29 is 18.7 Å². The predicted molar refractivity (Wildman–Crippen MR) is 54.0 cm³/mol. The van der Waals surface area contributed by atoms with E-state index in [1.807, 2.05) is 0 Å². The van der Waals surface area contributed by atoms with Gasteiger partial charge in [0.25, 0.3) is 0 Å². The number of pyridine rings is 1. The Labute approximate surface area is 94.5 Å². The highest BCUT2D eigenvalue weighted by atomic mass is 79.9. The summed E-state index contributed by atoms with van der Waals surface area (Å²) >= 11 is 2.90. The van der Waals surface area contributed by atoms with Crippen LogP contribution in [0.2, 0.25) is 0 Å². The molecule has 1 aromatic heterocycles. The number of carbonyl (C=O) groups excluding carboxylic acids is 1. The molecule has 0 N–H and O–H groups in total. The molecule has 0 radical (unpaired) electrons. The summed E-state index contributed by atoms with van der Waals surface area (Å²) in [4.78, 5) is 14.6. The Kier molecular flexibility index (Phi) is 4.48. The van der Waals surface area contributed by atoms with Crippen molar-refractivity contribution in [3.63, 3.8) is 0 Å².